The van der Waals surface area contributed by atoms with E-state index in [2.05, 4.69) is 18.0 Å². The predicted molar refractivity (Wildman–Crippen MR) is 97.1 cm³/mol. The molecular formula is C18H21N3O3S. The van der Waals surface area contributed by atoms with Crippen LogP contribution in [0, 0.1) is 6.92 Å². The number of carbonyl (C=O) groups excluding carboxylic acids is 2. The van der Waals surface area contributed by atoms with Crippen LogP contribution < -0.4 is 9.64 Å². The van der Waals surface area contributed by atoms with E-state index in [4.69, 9.17) is 4.74 Å². The van der Waals surface area contributed by atoms with Gasteiger partial charge in [0.05, 0.1) is 12.8 Å². The molecule has 2 amide bonds. The van der Waals surface area contributed by atoms with Crippen LogP contribution in [0.3, 0.4) is 0 Å². The Hall–Kier alpha value is -2.41. The summed E-state index contributed by atoms with van der Waals surface area (Å²) in [6.45, 7) is 3.20. The first-order chi connectivity index (χ1) is 12.1. The lowest BCUT2D eigenvalue weighted by Gasteiger charge is -2.34. The Kier molecular flexibility index (Phi) is 5.33. The van der Waals surface area contributed by atoms with Gasteiger partial charge in [-0.05, 0) is 36.4 Å². The van der Waals surface area contributed by atoms with Crippen molar-refractivity contribution in [3.05, 3.63) is 40.2 Å². The minimum Gasteiger partial charge on any atom is -0.481 e. The molecule has 1 aliphatic rings. The quantitative estimate of drug-likeness (QED) is 0.822. The second-order valence-corrected chi connectivity index (χ2v) is 6.94. The van der Waals surface area contributed by atoms with E-state index in [0.29, 0.717) is 25.4 Å². The summed E-state index contributed by atoms with van der Waals surface area (Å²) in [5, 5.41) is 2.04. The van der Waals surface area contributed by atoms with Crippen LogP contribution in [0.25, 0.3) is 0 Å². The van der Waals surface area contributed by atoms with Gasteiger partial charge < -0.3 is 14.5 Å². The normalized spacial score (nSPS) is 14.7. The number of hydrogen-bond acceptors (Lipinski definition) is 5. The monoisotopic (exact) mass is 359 g/mol. The summed E-state index contributed by atoms with van der Waals surface area (Å²) < 4.78 is 5.10. The SMILES string of the molecule is COc1cc(N2CCN(C(=O)CCc3sccc3C)CC2=O)ccn1. The highest BCUT2D eigenvalue weighted by Gasteiger charge is 2.28. The Morgan fingerprint density at radius 2 is 2.20 bits per heavy atom. The number of aromatic nitrogens is 1. The highest BCUT2D eigenvalue weighted by atomic mass is 32.1. The molecule has 6 nitrogen and oxygen atoms in total. The van der Waals surface area contributed by atoms with Gasteiger partial charge in [0.15, 0.2) is 0 Å². The number of anilines is 1. The number of rotatable bonds is 5. The lowest BCUT2D eigenvalue weighted by Crippen LogP contribution is -2.52. The number of piperazine rings is 1. The summed E-state index contributed by atoms with van der Waals surface area (Å²) in [7, 11) is 1.54. The maximum absolute atomic E-state index is 12.5. The van der Waals surface area contributed by atoms with Crippen molar-refractivity contribution in [2.45, 2.75) is 19.8 Å². The van der Waals surface area contributed by atoms with Gasteiger partial charge in [0.2, 0.25) is 17.7 Å². The van der Waals surface area contributed by atoms with Crippen molar-refractivity contribution in [1.29, 1.82) is 0 Å². The maximum Gasteiger partial charge on any atom is 0.246 e. The van der Waals surface area contributed by atoms with E-state index in [1.165, 1.54) is 10.4 Å². The summed E-state index contributed by atoms with van der Waals surface area (Å²) in [6, 6.07) is 5.57. The van der Waals surface area contributed by atoms with Crippen LogP contribution in [0.1, 0.15) is 16.9 Å². The molecule has 0 spiro atoms. The second-order valence-electron chi connectivity index (χ2n) is 5.94. The van der Waals surface area contributed by atoms with E-state index in [1.54, 1.807) is 46.6 Å². The van der Waals surface area contributed by atoms with Gasteiger partial charge in [-0.15, -0.1) is 11.3 Å². The summed E-state index contributed by atoms with van der Waals surface area (Å²) in [5.41, 5.74) is 1.98. The fourth-order valence-electron chi connectivity index (χ4n) is 2.88. The summed E-state index contributed by atoms with van der Waals surface area (Å²) in [6.07, 6.45) is 2.79. The molecular weight excluding hydrogens is 338 g/mol. The second kappa shape index (κ2) is 7.65. The first kappa shape index (κ1) is 17.4. The van der Waals surface area contributed by atoms with Crippen molar-refractivity contribution in [3.63, 3.8) is 0 Å². The number of carbonyl (C=O) groups is 2. The van der Waals surface area contributed by atoms with Gasteiger partial charge in [0.1, 0.15) is 6.54 Å². The molecule has 0 aliphatic carbocycles. The molecule has 0 N–H and O–H groups in total. The molecule has 1 fully saturated rings. The number of aryl methyl sites for hydroxylation is 2. The Morgan fingerprint density at radius 3 is 2.88 bits per heavy atom. The van der Waals surface area contributed by atoms with Gasteiger partial charge in [-0.2, -0.15) is 0 Å². The van der Waals surface area contributed by atoms with Gasteiger partial charge >= 0.3 is 0 Å². The third-order valence-corrected chi connectivity index (χ3v) is 5.43. The Labute approximate surface area is 151 Å². The smallest absolute Gasteiger partial charge is 0.246 e. The van der Waals surface area contributed by atoms with Crippen LogP contribution in [-0.4, -0.2) is 48.4 Å². The summed E-state index contributed by atoms with van der Waals surface area (Å²) >= 11 is 1.68. The number of methoxy groups -OCH3 is 1. The number of pyridine rings is 1. The first-order valence-electron chi connectivity index (χ1n) is 8.19. The van der Waals surface area contributed by atoms with Crippen LogP contribution in [-0.2, 0) is 16.0 Å². The van der Waals surface area contributed by atoms with E-state index in [9.17, 15) is 9.59 Å². The lowest BCUT2D eigenvalue weighted by atomic mass is 10.1. The average Bonchev–Trinajstić information content (AvgIpc) is 3.04. The molecule has 0 saturated carbocycles. The Bertz CT molecular complexity index is 774. The van der Waals surface area contributed by atoms with E-state index >= 15 is 0 Å². The zero-order valence-electron chi connectivity index (χ0n) is 14.4. The number of hydrogen-bond donors (Lipinski definition) is 0. The minimum atomic E-state index is -0.0832. The number of thiophene rings is 1. The van der Waals surface area contributed by atoms with E-state index in [0.717, 1.165) is 12.1 Å². The van der Waals surface area contributed by atoms with Crippen molar-refractivity contribution in [2.24, 2.45) is 0 Å². The zero-order chi connectivity index (χ0) is 17.8. The predicted octanol–water partition coefficient (Wildman–Crippen LogP) is 2.27. The molecule has 2 aromatic heterocycles. The van der Waals surface area contributed by atoms with E-state index in [-0.39, 0.29) is 18.4 Å². The topological polar surface area (TPSA) is 62.7 Å². The highest BCUT2D eigenvalue weighted by Crippen LogP contribution is 2.22. The number of nitrogens with zero attached hydrogens (tertiary/aromatic N) is 3. The van der Waals surface area contributed by atoms with Crippen LogP contribution in [0.5, 0.6) is 5.88 Å². The molecule has 2 aromatic rings. The molecule has 1 saturated heterocycles. The third-order valence-electron chi connectivity index (χ3n) is 4.35. The minimum absolute atomic E-state index is 0.0353. The Morgan fingerprint density at radius 1 is 1.36 bits per heavy atom. The van der Waals surface area contributed by atoms with E-state index in [1.807, 2.05) is 5.38 Å². The molecule has 132 valence electrons. The number of amides is 2. The van der Waals surface area contributed by atoms with Crippen LogP contribution >= 0.6 is 11.3 Å². The zero-order valence-corrected chi connectivity index (χ0v) is 15.2. The van der Waals surface area contributed by atoms with Gasteiger partial charge in [0.25, 0.3) is 0 Å². The molecule has 25 heavy (non-hydrogen) atoms. The molecule has 0 radical (unpaired) electrons. The van der Waals surface area contributed by atoms with Crippen molar-refractivity contribution in [3.8, 4) is 5.88 Å². The van der Waals surface area contributed by atoms with Crippen LogP contribution in [0.4, 0.5) is 5.69 Å². The number of ether oxygens (including phenoxy) is 1. The summed E-state index contributed by atoms with van der Waals surface area (Å²) in [5.74, 6) is 0.420. The Balaban J connectivity index is 1.58. The fourth-order valence-corrected chi connectivity index (χ4v) is 3.79. The maximum atomic E-state index is 12.5. The molecule has 0 aromatic carbocycles. The lowest BCUT2D eigenvalue weighted by molar-refractivity contribution is -0.136. The molecule has 0 bridgehead atoms. The molecule has 0 atom stereocenters. The third kappa shape index (κ3) is 3.99. The molecule has 7 heteroatoms. The average molecular weight is 359 g/mol. The van der Waals surface area contributed by atoms with Gasteiger partial charge in [-0.3, -0.25) is 9.59 Å². The molecule has 1 aliphatic heterocycles. The van der Waals surface area contributed by atoms with Gasteiger partial charge in [0, 0.05) is 36.7 Å². The fraction of sp³-hybridized carbons (Fsp3) is 0.389. The summed E-state index contributed by atoms with van der Waals surface area (Å²) in [4.78, 5) is 33.5. The standard InChI is InChI=1S/C18H21N3O3S/c1-13-6-10-25-15(13)3-4-17(22)20-8-9-21(18(23)12-20)14-5-7-19-16(11-14)24-2/h5-7,10-11H,3-4,8-9,12H2,1-2H3. The van der Waals surface area contributed by atoms with Crippen molar-refractivity contribution >= 4 is 28.8 Å². The van der Waals surface area contributed by atoms with Crippen LogP contribution in [0.15, 0.2) is 29.8 Å². The molecule has 3 heterocycles. The first-order valence-corrected chi connectivity index (χ1v) is 9.07. The van der Waals surface area contributed by atoms with Crippen molar-refractivity contribution in [2.75, 3.05) is 31.6 Å². The van der Waals surface area contributed by atoms with Crippen molar-refractivity contribution in [1.82, 2.24) is 9.88 Å². The largest absolute Gasteiger partial charge is 0.481 e. The van der Waals surface area contributed by atoms with Gasteiger partial charge in [-0.25, -0.2) is 4.98 Å². The highest BCUT2D eigenvalue weighted by molar-refractivity contribution is 7.10. The van der Waals surface area contributed by atoms with E-state index < -0.39 is 0 Å². The molecule has 3 rings (SSSR count). The molecule has 0 unspecified atom stereocenters. The van der Waals surface area contributed by atoms with Crippen LogP contribution in [0.2, 0.25) is 0 Å². The van der Waals surface area contributed by atoms with Gasteiger partial charge in [-0.1, -0.05) is 0 Å². The van der Waals surface area contributed by atoms with Crippen molar-refractivity contribution < 1.29 is 14.3 Å².